The van der Waals surface area contributed by atoms with Crippen LogP contribution in [-0.4, -0.2) is 0 Å². The molecule has 0 aromatic heterocycles. The predicted octanol–water partition coefficient (Wildman–Crippen LogP) is 7.92. The summed E-state index contributed by atoms with van der Waals surface area (Å²) in [5.41, 5.74) is 2.06. The summed E-state index contributed by atoms with van der Waals surface area (Å²) in [6.07, 6.45) is 19.6. The van der Waals surface area contributed by atoms with Crippen LogP contribution in [0.25, 0.3) is 0 Å². The molecule has 1 radical (unpaired) electrons. The van der Waals surface area contributed by atoms with Crippen molar-refractivity contribution in [2.24, 2.45) is 57.7 Å². The molecule has 1 spiro atoms. The van der Waals surface area contributed by atoms with Crippen molar-refractivity contribution < 1.29 is 0 Å². The highest BCUT2D eigenvalue weighted by atomic mass is 14.8. The van der Waals surface area contributed by atoms with Crippen LogP contribution in [0.5, 0.6) is 0 Å². The van der Waals surface area contributed by atoms with Gasteiger partial charge in [0, 0.05) is 0 Å². The van der Waals surface area contributed by atoms with Gasteiger partial charge in [0.25, 0.3) is 0 Å². The Morgan fingerprint density at radius 2 is 1.74 bits per heavy atom. The second-order valence-electron chi connectivity index (χ2n) is 12.7. The van der Waals surface area contributed by atoms with Crippen LogP contribution in [0.1, 0.15) is 105 Å². The van der Waals surface area contributed by atoms with Crippen LogP contribution < -0.4 is 0 Å². The minimum absolute atomic E-state index is 0.661. The Balaban J connectivity index is 1.31. The minimum atomic E-state index is 0.661. The van der Waals surface area contributed by atoms with Crippen molar-refractivity contribution in [2.45, 2.75) is 105 Å². The smallest absolute Gasteiger partial charge is 0.0178 e. The first-order chi connectivity index (χ1) is 12.8. The van der Waals surface area contributed by atoms with Gasteiger partial charge >= 0.3 is 0 Å². The fourth-order valence-corrected chi connectivity index (χ4v) is 9.91. The van der Waals surface area contributed by atoms with E-state index in [0.29, 0.717) is 16.2 Å². The standard InChI is InChI=1S/C27H45/c1-18(2)7-6-8-19(3)22-9-10-23-21-12-16-27-17-20(27)11-15-26(27,5)24(21)13-14-25(22,23)4/h16,18-24H,6-15,17H2,1-5H3/t19-,20?,21+,22-,23+,24+,25-,26-,27?/m1/s1. The summed E-state index contributed by atoms with van der Waals surface area (Å²) in [7, 11) is 0. The maximum Gasteiger partial charge on any atom is -0.0178 e. The molecule has 0 aromatic carbocycles. The Bertz CT molecular complexity index is 577. The van der Waals surface area contributed by atoms with Gasteiger partial charge in [-0.3, -0.25) is 0 Å². The third-order valence-corrected chi connectivity index (χ3v) is 11.4. The number of fused-ring (bicyclic) bond motifs is 4. The molecule has 153 valence electrons. The zero-order valence-corrected chi connectivity index (χ0v) is 18.9. The molecule has 5 saturated carbocycles. The van der Waals surface area contributed by atoms with Crippen molar-refractivity contribution in [3.63, 3.8) is 0 Å². The lowest BCUT2D eigenvalue weighted by Gasteiger charge is -2.59. The molecule has 5 aliphatic carbocycles. The molecule has 5 aliphatic rings. The highest BCUT2D eigenvalue weighted by Crippen LogP contribution is 2.81. The zero-order valence-electron chi connectivity index (χ0n) is 18.9. The first-order valence-corrected chi connectivity index (χ1v) is 12.7. The highest BCUT2D eigenvalue weighted by molar-refractivity contribution is 5.28. The average molecular weight is 370 g/mol. The van der Waals surface area contributed by atoms with Crippen LogP contribution in [0, 0.1) is 64.1 Å². The van der Waals surface area contributed by atoms with Gasteiger partial charge in [0.1, 0.15) is 0 Å². The van der Waals surface area contributed by atoms with Gasteiger partial charge in [0.2, 0.25) is 0 Å². The van der Waals surface area contributed by atoms with Crippen LogP contribution in [-0.2, 0) is 0 Å². The van der Waals surface area contributed by atoms with Crippen LogP contribution in [0.2, 0.25) is 0 Å². The molecule has 5 rings (SSSR count). The molecule has 0 bridgehead atoms. The topological polar surface area (TPSA) is 0 Å². The summed E-state index contributed by atoms with van der Waals surface area (Å²) < 4.78 is 0. The Labute approximate surface area is 169 Å². The largest absolute Gasteiger partial charge is 0.0628 e. The van der Waals surface area contributed by atoms with E-state index in [1.165, 1.54) is 32.1 Å². The van der Waals surface area contributed by atoms with Crippen molar-refractivity contribution in [2.75, 3.05) is 0 Å². The van der Waals surface area contributed by atoms with Crippen LogP contribution in [0.4, 0.5) is 0 Å². The molecule has 5 fully saturated rings. The summed E-state index contributed by atoms with van der Waals surface area (Å²) in [6, 6.07) is 0. The van der Waals surface area contributed by atoms with E-state index in [-0.39, 0.29) is 0 Å². The second-order valence-corrected chi connectivity index (χ2v) is 12.7. The summed E-state index contributed by atoms with van der Waals surface area (Å²) in [6.45, 7) is 12.9. The molecule has 2 unspecified atom stereocenters. The van der Waals surface area contributed by atoms with E-state index in [1.54, 1.807) is 38.5 Å². The van der Waals surface area contributed by atoms with Gasteiger partial charge in [0.15, 0.2) is 0 Å². The van der Waals surface area contributed by atoms with Gasteiger partial charge in [-0.1, -0.05) is 53.9 Å². The monoisotopic (exact) mass is 369 g/mol. The molecule has 0 heterocycles. The summed E-state index contributed by atoms with van der Waals surface area (Å²) in [5, 5.41) is 0. The zero-order chi connectivity index (χ0) is 19.0. The lowest BCUT2D eigenvalue weighted by atomic mass is 9.46. The van der Waals surface area contributed by atoms with E-state index in [4.69, 9.17) is 0 Å². The normalized spacial score (nSPS) is 54.2. The van der Waals surface area contributed by atoms with E-state index in [9.17, 15) is 0 Å². The highest BCUT2D eigenvalue weighted by Gasteiger charge is 2.73. The predicted molar refractivity (Wildman–Crippen MR) is 115 cm³/mol. The Morgan fingerprint density at radius 3 is 2.48 bits per heavy atom. The van der Waals surface area contributed by atoms with Crippen LogP contribution in [0.15, 0.2) is 0 Å². The van der Waals surface area contributed by atoms with Gasteiger partial charge in [-0.25, -0.2) is 0 Å². The average Bonchev–Trinajstić information content (AvgIpc) is 3.09. The number of hydrogen-bond acceptors (Lipinski definition) is 0. The Kier molecular flexibility index (Phi) is 4.39. The third-order valence-electron chi connectivity index (χ3n) is 11.4. The molecule has 0 N–H and O–H groups in total. The number of rotatable bonds is 5. The quantitative estimate of drug-likeness (QED) is 0.461. The Morgan fingerprint density at radius 1 is 0.926 bits per heavy atom. The van der Waals surface area contributed by atoms with Crippen LogP contribution in [0.3, 0.4) is 0 Å². The molecule has 0 nitrogen and oxygen atoms in total. The first kappa shape index (κ1) is 19.0. The van der Waals surface area contributed by atoms with Gasteiger partial charge in [-0.05, 0) is 115 Å². The van der Waals surface area contributed by atoms with Crippen molar-refractivity contribution in [3.8, 4) is 0 Å². The molecular weight excluding hydrogens is 324 g/mol. The van der Waals surface area contributed by atoms with Gasteiger partial charge in [-0.15, -0.1) is 0 Å². The molecule has 0 heteroatoms. The Hall–Kier alpha value is 0. The fraction of sp³-hybridized carbons (Fsp3) is 0.963. The third kappa shape index (κ3) is 2.53. The molecule has 0 saturated heterocycles. The lowest BCUT2D eigenvalue weighted by molar-refractivity contribution is -0.0858. The summed E-state index contributed by atoms with van der Waals surface area (Å²) >= 11 is 0. The molecule has 0 amide bonds. The molecule has 0 aromatic rings. The SMILES string of the molecule is CC(C)CCC[C@@H](C)[C@H]1CC[C@H]2[C@@H]3C[CH]C45CC4CC[C@]5(C)[C@H]3CC[C@]12C. The molecule has 27 heavy (non-hydrogen) atoms. The van der Waals surface area contributed by atoms with E-state index < -0.39 is 0 Å². The summed E-state index contributed by atoms with van der Waals surface area (Å²) in [4.78, 5) is 0. The van der Waals surface area contributed by atoms with Crippen molar-refractivity contribution >= 4 is 0 Å². The van der Waals surface area contributed by atoms with E-state index in [2.05, 4.69) is 41.0 Å². The second kappa shape index (κ2) is 6.25. The molecule has 9 atom stereocenters. The van der Waals surface area contributed by atoms with Crippen molar-refractivity contribution in [1.29, 1.82) is 0 Å². The number of hydrogen-bond donors (Lipinski definition) is 0. The molecular formula is C27H45. The van der Waals surface area contributed by atoms with Gasteiger partial charge < -0.3 is 0 Å². The molecule has 0 aliphatic heterocycles. The van der Waals surface area contributed by atoms with Crippen molar-refractivity contribution in [1.82, 2.24) is 0 Å². The summed E-state index contributed by atoms with van der Waals surface area (Å²) in [5.74, 6) is 7.06. The fourth-order valence-electron chi connectivity index (χ4n) is 9.91. The van der Waals surface area contributed by atoms with E-state index in [1.807, 2.05) is 0 Å². The minimum Gasteiger partial charge on any atom is -0.0628 e. The van der Waals surface area contributed by atoms with Crippen molar-refractivity contribution in [3.05, 3.63) is 6.42 Å². The lowest BCUT2D eigenvalue weighted by Crippen LogP contribution is -2.52. The maximum atomic E-state index is 2.90. The van der Waals surface area contributed by atoms with E-state index >= 15 is 0 Å². The maximum absolute atomic E-state index is 2.90. The van der Waals surface area contributed by atoms with Gasteiger partial charge in [0.05, 0.1) is 0 Å². The van der Waals surface area contributed by atoms with E-state index in [0.717, 1.165) is 41.4 Å². The first-order valence-electron chi connectivity index (χ1n) is 12.7. The van der Waals surface area contributed by atoms with Gasteiger partial charge in [-0.2, -0.15) is 0 Å². The van der Waals surface area contributed by atoms with Crippen LogP contribution >= 0.6 is 0 Å².